The molecule has 0 saturated carbocycles. The van der Waals surface area contributed by atoms with Crippen molar-refractivity contribution < 1.29 is 9.53 Å². The second-order valence-electron chi connectivity index (χ2n) is 5.46. The van der Waals surface area contributed by atoms with Crippen molar-refractivity contribution in [1.29, 1.82) is 0 Å². The third-order valence-electron chi connectivity index (χ3n) is 3.62. The minimum atomic E-state index is -0.124. The van der Waals surface area contributed by atoms with Crippen LogP contribution >= 0.6 is 23.1 Å². The Kier molecular flexibility index (Phi) is 5.80. The van der Waals surface area contributed by atoms with Crippen molar-refractivity contribution in [3.63, 3.8) is 0 Å². The van der Waals surface area contributed by atoms with Crippen molar-refractivity contribution in [2.45, 2.75) is 50.9 Å². The highest BCUT2D eigenvalue weighted by Gasteiger charge is 2.21. The van der Waals surface area contributed by atoms with Crippen LogP contribution in [0.2, 0.25) is 0 Å². The first-order valence-corrected chi connectivity index (χ1v) is 9.72. The predicted molar refractivity (Wildman–Crippen MR) is 92.4 cm³/mol. The molecule has 0 spiro atoms. The van der Waals surface area contributed by atoms with Crippen LogP contribution in [-0.2, 0) is 22.5 Å². The summed E-state index contributed by atoms with van der Waals surface area (Å²) in [5.41, 5.74) is 0. The number of nitrogens with one attached hydrogen (secondary N) is 1. The van der Waals surface area contributed by atoms with Gasteiger partial charge in [-0.2, -0.15) is 0 Å². The summed E-state index contributed by atoms with van der Waals surface area (Å²) in [5.74, 6) is 1.06. The van der Waals surface area contributed by atoms with E-state index in [-0.39, 0.29) is 17.8 Å². The van der Waals surface area contributed by atoms with Gasteiger partial charge in [-0.3, -0.25) is 10.1 Å². The Morgan fingerprint density at radius 2 is 2.29 bits per heavy atom. The molecule has 1 aliphatic rings. The number of hydrogen-bond donors (Lipinski definition) is 1. The summed E-state index contributed by atoms with van der Waals surface area (Å²) in [7, 11) is 0. The standard InChI is InChI=1S/C14H20N6O2S2/c1-3-11-17-19-14(20(11)7-10-5-4-6-22-10)23-8-12(21)15-13-18-16-9(2)24-13/h10H,3-8H2,1-2H3,(H,15,18,21)/t10-/m1/s1. The van der Waals surface area contributed by atoms with E-state index >= 15 is 0 Å². The molecule has 10 heteroatoms. The molecule has 0 aromatic carbocycles. The van der Waals surface area contributed by atoms with Crippen LogP contribution in [0.3, 0.4) is 0 Å². The summed E-state index contributed by atoms with van der Waals surface area (Å²) in [4.78, 5) is 12.1. The smallest absolute Gasteiger partial charge is 0.236 e. The number of aryl methyl sites for hydroxylation is 2. The van der Waals surface area contributed by atoms with Crippen LogP contribution in [0.1, 0.15) is 30.6 Å². The maximum absolute atomic E-state index is 12.1. The quantitative estimate of drug-likeness (QED) is 0.746. The van der Waals surface area contributed by atoms with Crippen molar-refractivity contribution >= 4 is 34.1 Å². The van der Waals surface area contributed by atoms with Crippen molar-refractivity contribution in [2.24, 2.45) is 0 Å². The van der Waals surface area contributed by atoms with E-state index in [1.165, 1.54) is 23.1 Å². The van der Waals surface area contributed by atoms with E-state index < -0.39 is 0 Å². The molecule has 3 rings (SSSR count). The average Bonchev–Trinajstić information content (AvgIpc) is 3.28. The number of ether oxygens (including phenoxy) is 1. The number of carbonyl (C=O) groups excluding carboxylic acids is 1. The highest BCUT2D eigenvalue weighted by molar-refractivity contribution is 7.99. The van der Waals surface area contributed by atoms with Crippen LogP contribution in [0.4, 0.5) is 5.13 Å². The van der Waals surface area contributed by atoms with Crippen molar-refractivity contribution in [1.82, 2.24) is 25.0 Å². The second kappa shape index (κ2) is 8.04. The molecule has 3 heterocycles. The topological polar surface area (TPSA) is 94.8 Å². The largest absolute Gasteiger partial charge is 0.376 e. The zero-order valence-corrected chi connectivity index (χ0v) is 15.3. The maximum Gasteiger partial charge on any atom is 0.236 e. The van der Waals surface area contributed by atoms with E-state index in [1.54, 1.807) is 0 Å². The van der Waals surface area contributed by atoms with E-state index in [4.69, 9.17) is 4.74 Å². The summed E-state index contributed by atoms with van der Waals surface area (Å²) in [5, 5.41) is 21.1. The van der Waals surface area contributed by atoms with Gasteiger partial charge in [-0.05, 0) is 19.8 Å². The van der Waals surface area contributed by atoms with Gasteiger partial charge in [0.1, 0.15) is 10.8 Å². The molecule has 130 valence electrons. The van der Waals surface area contributed by atoms with Gasteiger partial charge in [0, 0.05) is 13.0 Å². The number of aromatic nitrogens is 5. The van der Waals surface area contributed by atoms with E-state index in [1.807, 2.05) is 6.92 Å². The first kappa shape index (κ1) is 17.3. The van der Waals surface area contributed by atoms with Gasteiger partial charge in [-0.25, -0.2) is 0 Å². The van der Waals surface area contributed by atoms with E-state index in [0.29, 0.717) is 5.13 Å². The highest BCUT2D eigenvalue weighted by Crippen LogP contribution is 2.22. The van der Waals surface area contributed by atoms with Gasteiger partial charge in [-0.15, -0.1) is 20.4 Å². The van der Waals surface area contributed by atoms with Crippen molar-refractivity contribution in [3.05, 3.63) is 10.8 Å². The van der Waals surface area contributed by atoms with E-state index in [0.717, 1.165) is 48.4 Å². The van der Waals surface area contributed by atoms with Gasteiger partial charge >= 0.3 is 0 Å². The Labute approximate surface area is 148 Å². The van der Waals surface area contributed by atoms with E-state index in [2.05, 4.69) is 37.2 Å². The summed E-state index contributed by atoms with van der Waals surface area (Å²) in [6.45, 7) is 5.47. The minimum absolute atomic E-state index is 0.124. The summed E-state index contributed by atoms with van der Waals surface area (Å²) in [6, 6.07) is 0. The molecule has 1 saturated heterocycles. The van der Waals surface area contributed by atoms with Gasteiger partial charge in [0.05, 0.1) is 18.4 Å². The molecule has 1 N–H and O–H groups in total. The van der Waals surface area contributed by atoms with Gasteiger partial charge in [-0.1, -0.05) is 30.0 Å². The third-order valence-corrected chi connectivity index (χ3v) is 5.35. The Balaban J connectivity index is 1.59. The van der Waals surface area contributed by atoms with Crippen molar-refractivity contribution in [2.75, 3.05) is 17.7 Å². The van der Waals surface area contributed by atoms with Crippen LogP contribution < -0.4 is 5.32 Å². The second-order valence-corrected chi connectivity index (χ2v) is 7.59. The average molecular weight is 368 g/mol. The Morgan fingerprint density at radius 3 is 2.96 bits per heavy atom. The van der Waals surface area contributed by atoms with Gasteiger partial charge in [0.2, 0.25) is 11.0 Å². The molecule has 24 heavy (non-hydrogen) atoms. The SMILES string of the molecule is CCc1nnc(SCC(=O)Nc2nnc(C)s2)n1C[C@H]1CCCO1. The summed E-state index contributed by atoms with van der Waals surface area (Å²) < 4.78 is 7.78. The fourth-order valence-corrected chi connectivity index (χ4v) is 3.87. The van der Waals surface area contributed by atoms with Crippen LogP contribution in [0.5, 0.6) is 0 Å². The van der Waals surface area contributed by atoms with Crippen LogP contribution in [0, 0.1) is 6.92 Å². The first-order valence-electron chi connectivity index (χ1n) is 7.92. The lowest BCUT2D eigenvalue weighted by molar-refractivity contribution is -0.113. The van der Waals surface area contributed by atoms with Crippen molar-refractivity contribution in [3.8, 4) is 0 Å². The summed E-state index contributed by atoms with van der Waals surface area (Å²) in [6.07, 6.45) is 3.17. The number of hydrogen-bond acceptors (Lipinski definition) is 8. The molecule has 0 aliphatic carbocycles. The number of thioether (sulfide) groups is 1. The summed E-state index contributed by atoms with van der Waals surface area (Å²) >= 11 is 2.74. The fourth-order valence-electron chi connectivity index (χ4n) is 2.50. The number of carbonyl (C=O) groups is 1. The molecule has 8 nitrogen and oxygen atoms in total. The minimum Gasteiger partial charge on any atom is -0.376 e. The van der Waals surface area contributed by atoms with Gasteiger partial charge < -0.3 is 9.30 Å². The predicted octanol–water partition coefficient (Wildman–Crippen LogP) is 1.91. The first-order chi connectivity index (χ1) is 11.7. The highest BCUT2D eigenvalue weighted by atomic mass is 32.2. The molecule has 0 unspecified atom stereocenters. The normalized spacial score (nSPS) is 17.3. The number of amides is 1. The Bertz CT molecular complexity index is 695. The molecule has 0 bridgehead atoms. The number of nitrogens with zero attached hydrogens (tertiary/aromatic N) is 5. The van der Waals surface area contributed by atoms with Crippen LogP contribution in [0.25, 0.3) is 0 Å². The lowest BCUT2D eigenvalue weighted by Gasteiger charge is -2.13. The zero-order chi connectivity index (χ0) is 16.9. The van der Waals surface area contributed by atoms with Gasteiger partial charge in [0.25, 0.3) is 0 Å². The fraction of sp³-hybridized carbons (Fsp3) is 0.643. The molecular weight excluding hydrogens is 348 g/mol. The third kappa shape index (κ3) is 4.31. The van der Waals surface area contributed by atoms with E-state index in [9.17, 15) is 4.79 Å². The molecule has 1 aliphatic heterocycles. The zero-order valence-electron chi connectivity index (χ0n) is 13.7. The molecule has 1 fully saturated rings. The molecule has 0 radical (unpaired) electrons. The molecular formula is C14H20N6O2S2. The van der Waals surface area contributed by atoms with Gasteiger partial charge in [0.15, 0.2) is 5.16 Å². The Hall–Kier alpha value is -1.52. The lowest BCUT2D eigenvalue weighted by Crippen LogP contribution is -2.19. The molecule has 1 amide bonds. The Morgan fingerprint density at radius 1 is 1.42 bits per heavy atom. The number of rotatable bonds is 7. The van der Waals surface area contributed by atoms with Crippen LogP contribution in [0.15, 0.2) is 5.16 Å². The monoisotopic (exact) mass is 368 g/mol. The number of anilines is 1. The lowest BCUT2D eigenvalue weighted by atomic mass is 10.2. The maximum atomic E-state index is 12.1. The molecule has 1 atom stereocenters. The van der Waals surface area contributed by atoms with Crippen LogP contribution in [-0.4, -0.2) is 49.3 Å². The molecule has 2 aromatic rings. The molecule has 2 aromatic heterocycles.